The van der Waals surface area contributed by atoms with Crippen LogP contribution in [0.4, 0.5) is 10.1 Å². The maximum atomic E-state index is 14.1. The molecule has 9 heteroatoms. The first-order valence-corrected chi connectivity index (χ1v) is 8.56. The third-order valence-electron chi connectivity index (χ3n) is 3.86. The highest BCUT2D eigenvalue weighted by Crippen LogP contribution is 2.20. The fourth-order valence-electron chi connectivity index (χ4n) is 2.47. The minimum atomic E-state index is -0.605. The molecule has 0 spiro atoms. The Morgan fingerprint density at radius 1 is 1.10 bits per heavy atom. The van der Waals surface area contributed by atoms with Gasteiger partial charge in [0.2, 0.25) is 11.8 Å². The number of anilines is 1. The zero-order valence-corrected chi connectivity index (χ0v) is 14.9. The van der Waals surface area contributed by atoms with Crippen LogP contribution in [0.3, 0.4) is 0 Å². The molecular weight excluding hydrogens is 377 g/mol. The largest absolute Gasteiger partial charge is 0.472 e. The molecule has 4 rings (SSSR count). The summed E-state index contributed by atoms with van der Waals surface area (Å²) in [5.41, 5.74) is 1.29. The summed E-state index contributed by atoms with van der Waals surface area (Å²) in [6.45, 7) is -0.0764. The van der Waals surface area contributed by atoms with Crippen LogP contribution in [-0.4, -0.2) is 26.1 Å². The van der Waals surface area contributed by atoms with E-state index in [1.807, 2.05) is 18.2 Å². The van der Waals surface area contributed by atoms with Crippen molar-refractivity contribution in [2.45, 2.75) is 6.61 Å². The van der Waals surface area contributed by atoms with Gasteiger partial charge in [0.25, 0.3) is 0 Å². The van der Waals surface area contributed by atoms with Crippen molar-refractivity contribution in [2.24, 2.45) is 0 Å². The molecule has 0 atom stereocenters. The quantitative estimate of drug-likeness (QED) is 0.536. The molecule has 144 valence electrons. The summed E-state index contributed by atoms with van der Waals surface area (Å²) in [7, 11) is 0. The number of halogens is 1. The van der Waals surface area contributed by atoms with Gasteiger partial charge in [-0.1, -0.05) is 18.2 Å². The lowest BCUT2D eigenvalue weighted by molar-refractivity contribution is 0.0991. The monoisotopic (exact) mass is 391 g/mol. The van der Waals surface area contributed by atoms with Crippen LogP contribution in [0.1, 0.15) is 16.2 Å². The molecule has 0 bridgehead atoms. The number of carbonyl (C=O) groups is 1. The Hall–Kier alpha value is -4.14. The first-order valence-electron chi connectivity index (χ1n) is 8.56. The van der Waals surface area contributed by atoms with Gasteiger partial charge in [0, 0.05) is 29.2 Å². The molecule has 0 fully saturated rings. The maximum absolute atomic E-state index is 14.1. The molecule has 1 amide bonds. The van der Waals surface area contributed by atoms with Crippen molar-refractivity contribution in [3.05, 3.63) is 84.4 Å². The van der Waals surface area contributed by atoms with Crippen molar-refractivity contribution < 1.29 is 18.3 Å². The Kier molecular flexibility index (Phi) is 5.19. The number of nitrogens with one attached hydrogen (secondary N) is 1. The van der Waals surface area contributed by atoms with Crippen molar-refractivity contribution in [1.29, 1.82) is 0 Å². The maximum Gasteiger partial charge on any atom is 0.313 e. The van der Waals surface area contributed by atoms with Crippen molar-refractivity contribution in [1.82, 2.24) is 20.2 Å². The molecule has 0 saturated heterocycles. The summed E-state index contributed by atoms with van der Waals surface area (Å²) in [5.74, 6) is -0.790. The first kappa shape index (κ1) is 18.2. The second-order valence-electron chi connectivity index (χ2n) is 5.87. The van der Waals surface area contributed by atoms with Crippen molar-refractivity contribution >= 4 is 11.6 Å². The van der Waals surface area contributed by atoms with Gasteiger partial charge >= 0.3 is 11.8 Å². The molecule has 4 aromatic rings. The lowest BCUT2D eigenvalue weighted by Crippen LogP contribution is -2.13. The topological polar surface area (TPSA) is 103 Å². The highest BCUT2D eigenvalue weighted by atomic mass is 19.1. The number of aromatic nitrogens is 4. The fraction of sp³-hybridized carbons (Fsp3) is 0.0500. The predicted octanol–water partition coefficient (Wildman–Crippen LogP) is 3.50. The Bertz CT molecular complexity index is 1120. The average Bonchev–Trinajstić information content (AvgIpc) is 3.26. The first-order chi connectivity index (χ1) is 14.2. The van der Waals surface area contributed by atoms with Crippen LogP contribution in [0.25, 0.3) is 11.5 Å². The van der Waals surface area contributed by atoms with Gasteiger partial charge in [-0.3, -0.25) is 9.78 Å². The second-order valence-corrected chi connectivity index (χ2v) is 5.87. The lowest BCUT2D eigenvalue weighted by atomic mass is 10.2. The number of hydrogen-bond donors (Lipinski definition) is 1. The van der Waals surface area contributed by atoms with Crippen LogP contribution in [-0.2, 0) is 6.61 Å². The highest BCUT2D eigenvalue weighted by Gasteiger charge is 2.17. The van der Waals surface area contributed by atoms with Gasteiger partial charge in [-0.25, -0.2) is 9.37 Å². The minimum absolute atomic E-state index is 0.0764. The number of nitrogens with zero attached hydrogens (tertiary/aromatic N) is 4. The van der Waals surface area contributed by atoms with Gasteiger partial charge < -0.3 is 14.5 Å². The highest BCUT2D eigenvalue weighted by molar-refractivity contribution is 6.01. The Morgan fingerprint density at radius 3 is 2.76 bits per heavy atom. The number of rotatable bonds is 6. The van der Waals surface area contributed by atoms with E-state index in [0.29, 0.717) is 11.3 Å². The van der Waals surface area contributed by atoms with Crippen LogP contribution in [0.5, 0.6) is 5.88 Å². The van der Waals surface area contributed by atoms with E-state index in [0.717, 1.165) is 0 Å². The molecule has 0 unspecified atom stereocenters. The third-order valence-corrected chi connectivity index (χ3v) is 3.86. The van der Waals surface area contributed by atoms with Crippen LogP contribution >= 0.6 is 0 Å². The smallest absolute Gasteiger partial charge is 0.313 e. The van der Waals surface area contributed by atoms with E-state index in [9.17, 15) is 9.18 Å². The minimum Gasteiger partial charge on any atom is -0.472 e. The molecule has 1 N–H and O–H groups in total. The van der Waals surface area contributed by atoms with Gasteiger partial charge in [0.05, 0.1) is 6.20 Å². The molecule has 2 aromatic carbocycles. The third kappa shape index (κ3) is 4.41. The van der Waals surface area contributed by atoms with Crippen LogP contribution in [0.2, 0.25) is 0 Å². The van der Waals surface area contributed by atoms with Gasteiger partial charge in [-0.2, -0.15) is 0 Å². The number of amides is 1. The predicted molar refractivity (Wildman–Crippen MR) is 100 cm³/mol. The van der Waals surface area contributed by atoms with E-state index in [1.165, 1.54) is 36.8 Å². The van der Waals surface area contributed by atoms with Crippen LogP contribution in [0, 0.1) is 5.82 Å². The van der Waals surface area contributed by atoms with E-state index < -0.39 is 11.7 Å². The van der Waals surface area contributed by atoms with Crippen molar-refractivity contribution in [2.75, 3.05) is 5.32 Å². The van der Waals surface area contributed by atoms with Crippen LogP contribution < -0.4 is 10.1 Å². The van der Waals surface area contributed by atoms with E-state index >= 15 is 0 Å². The molecule has 2 aromatic heterocycles. The van der Waals surface area contributed by atoms with Crippen LogP contribution in [0.15, 0.2) is 71.5 Å². The standard InChI is InChI=1S/C20H14FN5O3/c21-16-7-6-15(10-14(16)12-28-17-11-22-8-9-23-17)24-18(27)20-26-25-19(29-20)13-4-2-1-3-5-13/h1-11H,12H2,(H,24,27). The van der Waals surface area contributed by atoms with E-state index in [1.54, 1.807) is 12.1 Å². The molecule has 2 heterocycles. The van der Waals surface area contributed by atoms with Gasteiger partial charge in [-0.15, -0.1) is 10.2 Å². The average molecular weight is 391 g/mol. The summed E-state index contributed by atoms with van der Waals surface area (Å²) < 4.78 is 24.9. The summed E-state index contributed by atoms with van der Waals surface area (Å²) >= 11 is 0. The Balaban J connectivity index is 1.45. The fourth-order valence-corrected chi connectivity index (χ4v) is 2.47. The van der Waals surface area contributed by atoms with E-state index in [-0.39, 0.29) is 29.8 Å². The normalized spacial score (nSPS) is 10.5. The number of carbonyl (C=O) groups excluding carboxylic acids is 1. The van der Waals surface area contributed by atoms with Crippen molar-refractivity contribution in [3.63, 3.8) is 0 Å². The summed E-state index contributed by atoms with van der Waals surface area (Å²) in [6.07, 6.45) is 4.39. The van der Waals surface area contributed by atoms with E-state index in [4.69, 9.17) is 9.15 Å². The number of hydrogen-bond acceptors (Lipinski definition) is 7. The number of benzene rings is 2. The molecule has 0 radical (unpaired) electrons. The lowest BCUT2D eigenvalue weighted by Gasteiger charge is -2.08. The van der Waals surface area contributed by atoms with Gasteiger partial charge in [-0.05, 0) is 30.3 Å². The SMILES string of the molecule is O=C(Nc1ccc(F)c(COc2cnccn2)c1)c1nnc(-c2ccccc2)o1. The summed E-state index contributed by atoms with van der Waals surface area (Å²) in [6, 6.07) is 13.2. The second kappa shape index (κ2) is 8.26. The van der Waals surface area contributed by atoms with Crippen molar-refractivity contribution in [3.8, 4) is 17.3 Å². The molecule has 8 nitrogen and oxygen atoms in total. The Labute approximate surface area is 164 Å². The summed E-state index contributed by atoms with van der Waals surface area (Å²) in [5, 5.41) is 10.2. The van der Waals surface area contributed by atoms with Gasteiger partial charge in [0.15, 0.2) is 0 Å². The molecule has 0 aliphatic carbocycles. The molecule has 0 aliphatic rings. The molecular formula is C20H14FN5O3. The zero-order valence-electron chi connectivity index (χ0n) is 14.9. The molecule has 0 aliphatic heterocycles. The zero-order chi connectivity index (χ0) is 20.1. The number of ether oxygens (including phenoxy) is 1. The molecule has 29 heavy (non-hydrogen) atoms. The molecule has 0 saturated carbocycles. The summed E-state index contributed by atoms with van der Waals surface area (Å²) in [4.78, 5) is 20.2. The Morgan fingerprint density at radius 2 is 1.97 bits per heavy atom. The van der Waals surface area contributed by atoms with E-state index in [2.05, 4.69) is 25.5 Å². The van der Waals surface area contributed by atoms with Gasteiger partial charge in [0.1, 0.15) is 12.4 Å².